The third kappa shape index (κ3) is 3.72. The van der Waals surface area contributed by atoms with Crippen LogP contribution in [0.25, 0.3) is 0 Å². The monoisotopic (exact) mass is 357 g/mol. The predicted molar refractivity (Wildman–Crippen MR) is 84.3 cm³/mol. The van der Waals surface area contributed by atoms with Crippen molar-refractivity contribution in [3.8, 4) is 5.75 Å². The first-order valence-corrected chi connectivity index (χ1v) is 7.87. The van der Waals surface area contributed by atoms with Crippen LogP contribution in [0, 0.1) is 0 Å². The van der Waals surface area contributed by atoms with Gasteiger partial charge in [-0.2, -0.15) is 13.2 Å². The van der Waals surface area contributed by atoms with Crippen LogP contribution in [-0.2, 0) is 12.8 Å². The predicted octanol–water partition coefficient (Wildman–Crippen LogP) is 4.33. The second-order valence-electron chi connectivity index (χ2n) is 5.47. The third-order valence-corrected chi connectivity index (χ3v) is 4.16. The number of aromatic nitrogens is 2. The zero-order valence-corrected chi connectivity index (χ0v) is 13.4. The summed E-state index contributed by atoms with van der Waals surface area (Å²) in [5.74, 6) is 0.902. The zero-order chi connectivity index (χ0) is 17.2. The van der Waals surface area contributed by atoms with Crippen molar-refractivity contribution < 1.29 is 17.9 Å². The molecule has 3 rings (SSSR count). The van der Waals surface area contributed by atoms with E-state index in [0.717, 1.165) is 32.0 Å². The summed E-state index contributed by atoms with van der Waals surface area (Å²) < 4.78 is 44.5. The smallest absolute Gasteiger partial charge is 0.416 e. The summed E-state index contributed by atoms with van der Waals surface area (Å²) >= 11 is 5.90. The first-order chi connectivity index (χ1) is 11.4. The Morgan fingerprint density at radius 2 is 1.79 bits per heavy atom. The van der Waals surface area contributed by atoms with Crippen LogP contribution in [0.5, 0.6) is 5.75 Å². The molecule has 1 aliphatic heterocycles. The van der Waals surface area contributed by atoms with Gasteiger partial charge in [-0.3, -0.25) is 0 Å². The van der Waals surface area contributed by atoms with Gasteiger partial charge in [0.25, 0.3) is 0 Å². The van der Waals surface area contributed by atoms with E-state index < -0.39 is 11.7 Å². The average Bonchev–Trinajstić information content (AvgIpc) is 3.07. The summed E-state index contributed by atoms with van der Waals surface area (Å²) in [4.78, 5) is 10.5. The summed E-state index contributed by atoms with van der Waals surface area (Å²) in [7, 11) is 0. The summed E-state index contributed by atoms with van der Waals surface area (Å²) in [6.45, 7) is 1.52. The van der Waals surface area contributed by atoms with E-state index in [1.54, 1.807) is 0 Å². The number of nitrogens with zero attached hydrogens (tertiary/aromatic N) is 3. The van der Waals surface area contributed by atoms with Crippen LogP contribution in [0.1, 0.15) is 24.0 Å². The van der Waals surface area contributed by atoms with Gasteiger partial charge in [0.15, 0.2) is 5.75 Å². The number of hydrogen-bond donors (Lipinski definition) is 0. The Labute approximate surface area is 142 Å². The molecular formula is C16H15ClF3N3O. The van der Waals surface area contributed by atoms with Crippen molar-refractivity contribution in [2.45, 2.75) is 25.6 Å². The van der Waals surface area contributed by atoms with Crippen molar-refractivity contribution in [1.29, 1.82) is 0 Å². The Balaban J connectivity index is 1.72. The molecule has 128 valence electrons. The number of anilines is 1. The van der Waals surface area contributed by atoms with Gasteiger partial charge in [-0.1, -0.05) is 17.7 Å². The molecule has 0 saturated carbocycles. The maximum absolute atomic E-state index is 13.0. The molecule has 0 amide bonds. The highest BCUT2D eigenvalue weighted by molar-refractivity contribution is 6.31. The minimum Gasteiger partial charge on any atom is -0.486 e. The molecule has 1 saturated heterocycles. The maximum atomic E-state index is 13.0. The number of hydrogen-bond acceptors (Lipinski definition) is 4. The van der Waals surface area contributed by atoms with Crippen molar-refractivity contribution in [1.82, 2.24) is 9.97 Å². The Hall–Kier alpha value is -2.02. The molecule has 8 heteroatoms. The van der Waals surface area contributed by atoms with Crippen molar-refractivity contribution in [2.75, 3.05) is 18.0 Å². The fourth-order valence-corrected chi connectivity index (χ4v) is 2.82. The first-order valence-electron chi connectivity index (χ1n) is 7.49. The molecule has 1 aliphatic rings. The molecule has 0 aliphatic carbocycles. The van der Waals surface area contributed by atoms with Gasteiger partial charge in [0.2, 0.25) is 5.95 Å². The van der Waals surface area contributed by atoms with Gasteiger partial charge < -0.3 is 9.64 Å². The molecule has 0 unspecified atom stereocenters. The topological polar surface area (TPSA) is 38.2 Å². The van der Waals surface area contributed by atoms with Crippen LogP contribution in [0.4, 0.5) is 19.1 Å². The lowest BCUT2D eigenvalue weighted by molar-refractivity contribution is -0.138. The number of benzene rings is 1. The van der Waals surface area contributed by atoms with E-state index in [2.05, 4.69) is 14.9 Å². The van der Waals surface area contributed by atoms with E-state index >= 15 is 0 Å². The molecule has 1 aromatic carbocycles. The van der Waals surface area contributed by atoms with Gasteiger partial charge in [-0.05, 0) is 25.0 Å². The number of ether oxygens (including phenoxy) is 1. The van der Waals surface area contributed by atoms with Crippen molar-refractivity contribution >= 4 is 17.5 Å². The van der Waals surface area contributed by atoms with Crippen LogP contribution in [0.15, 0.2) is 30.6 Å². The highest BCUT2D eigenvalue weighted by atomic mass is 35.5. The molecule has 0 bridgehead atoms. The molecule has 0 atom stereocenters. The molecule has 0 spiro atoms. The second kappa shape index (κ2) is 6.84. The van der Waals surface area contributed by atoms with Crippen molar-refractivity contribution in [3.63, 3.8) is 0 Å². The Bertz CT molecular complexity index is 701. The van der Waals surface area contributed by atoms with Crippen LogP contribution in [-0.4, -0.2) is 23.1 Å². The van der Waals surface area contributed by atoms with Crippen molar-refractivity contribution in [2.24, 2.45) is 0 Å². The van der Waals surface area contributed by atoms with Crippen LogP contribution < -0.4 is 9.64 Å². The number of alkyl halides is 3. The zero-order valence-electron chi connectivity index (χ0n) is 12.7. The minimum atomic E-state index is -4.49. The lowest BCUT2D eigenvalue weighted by atomic mass is 10.1. The Morgan fingerprint density at radius 3 is 2.42 bits per heavy atom. The van der Waals surface area contributed by atoms with E-state index in [0.29, 0.717) is 11.7 Å². The SMILES string of the molecule is FC(F)(F)c1cccc(Cl)c1COc1cnc(N2CCCC2)nc1. The highest BCUT2D eigenvalue weighted by Gasteiger charge is 2.34. The largest absolute Gasteiger partial charge is 0.486 e. The normalized spacial score (nSPS) is 14.9. The molecule has 2 aromatic rings. The molecule has 1 aromatic heterocycles. The van der Waals surface area contributed by atoms with Gasteiger partial charge in [-0.15, -0.1) is 0 Å². The van der Waals surface area contributed by atoms with Gasteiger partial charge in [0.05, 0.1) is 18.0 Å². The molecule has 0 N–H and O–H groups in total. The summed E-state index contributed by atoms with van der Waals surface area (Å²) in [6, 6.07) is 3.66. The molecule has 1 fully saturated rings. The van der Waals surface area contributed by atoms with Gasteiger partial charge in [0, 0.05) is 23.7 Å². The quantitative estimate of drug-likeness (QED) is 0.816. The standard InChI is InChI=1S/C16H15ClF3N3O/c17-14-5-3-4-13(16(18,19)20)12(14)10-24-11-8-21-15(22-9-11)23-6-1-2-7-23/h3-5,8-9H,1-2,6-7,10H2. The summed E-state index contributed by atoms with van der Waals surface area (Å²) in [5.41, 5.74) is -0.903. The molecule has 2 heterocycles. The molecule has 24 heavy (non-hydrogen) atoms. The Kier molecular flexibility index (Phi) is 4.80. The summed E-state index contributed by atoms with van der Waals surface area (Å²) in [5, 5.41) is 0.0134. The average molecular weight is 358 g/mol. The van der Waals surface area contributed by atoms with Crippen LogP contribution in [0.2, 0.25) is 5.02 Å². The van der Waals surface area contributed by atoms with E-state index in [1.807, 2.05) is 0 Å². The Morgan fingerprint density at radius 1 is 1.12 bits per heavy atom. The van der Waals surface area contributed by atoms with Gasteiger partial charge >= 0.3 is 6.18 Å². The molecule has 0 radical (unpaired) electrons. The van der Waals surface area contributed by atoms with Crippen LogP contribution in [0.3, 0.4) is 0 Å². The van der Waals surface area contributed by atoms with E-state index in [9.17, 15) is 13.2 Å². The fraction of sp³-hybridized carbons (Fsp3) is 0.375. The molecule has 4 nitrogen and oxygen atoms in total. The van der Waals surface area contributed by atoms with E-state index in [4.69, 9.17) is 16.3 Å². The lowest BCUT2D eigenvalue weighted by Crippen LogP contribution is -2.20. The number of rotatable bonds is 4. The number of halogens is 4. The van der Waals surface area contributed by atoms with E-state index in [-0.39, 0.29) is 17.2 Å². The fourth-order valence-electron chi connectivity index (χ4n) is 2.59. The lowest BCUT2D eigenvalue weighted by Gasteiger charge is -2.16. The van der Waals surface area contributed by atoms with E-state index in [1.165, 1.54) is 24.5 Å². The molecular weight excluding hydrogens is 343 g/mol. The van der Waals surface area contributed by atoms with Gasteiger partial charge in [0.1, 0.15) is 6.61 Å². The van der Waals surface area contributed by atoms with Crippen LogP contribution >= 0.6 is 11.6 Å². The highest BCUT2D eigenvalue weighted by Crippen LogP contribution is 2.35. The minimum absolute atomic E-state index is 0.0134. The van der Waals surface area contributed by atoms with Crippen molar-refractivity contribution in [3.05, 3.63) is 46.7 Å². The summed E-state index contributed by atoms with van der Waals surface area (Å²) in [6.07, 6.45) is 0.651. The first kappa shape index (κ1) is 16.8. The second-order valence-corrected chi connectivity index (χ2v) is 5.87. The maximum Gasteiger partial charge on any atom is 0.416 e. The third-order valence-electron chi connectivity index (χ3n) is 3.81. The van der Waals surface area contributed by atoms with Gasteiger partial charge in [-0.25, -0.2) is 9.97 Å².